The number of hydrogen-bond donors (Lipinski definition) is 0. The molecule has 3 aliphatic heterocycles. The quantitative estimate of drug-likeness (QED) is 0.604. The first-order valence-corrected chi connectivity index (χ1v) is 7.43. The number of rotatable bonds is 2. The Balaban J connectivity index is 2.08. The molecule has 0 unspecified atom stereocenters. The van der Waals surface area contributed by atoms with Crippen LogP contribution in [0.15, 0.2) is 0 Å². The Labute approximate surface area is 84.1 Å². The van der Waals surface area contributed by atoms with E-state index >= 15 is 0 Å². The van der Waals surface area contributed by atoms with Crippen molar-refractivity contribution in [1.29, 1.82) is 0 Å². The standard InChI is InChI=1S/C8H17NO4Si/c1-2-10-14-9(3-6-11-14,4-7-12-14)5-8-13-14/h2-8H2,1H3. The minimum absolute atomic E-state index is 0.605. The van der Waals surface area contributed by atoms with Gasteiger partial charge in [-0.05, 0) is 0 Å². The summed E-state index contributed by atoms with van der Waals surface area (Å²) in [6.07, 6.45) is 0. The third-order valence-corrected chi connectivity index (χ3v) is 8.80. The van der Waals surface area contributed by atoms with Crippen LogP contribution in [0.25, 0.3) is 0 Å². The zero-order chi connectivity index (χ0) is 9.73. The van der Waals surface area contributed by atoms with Crippen LogP contribution in [0.4, 0.5) is 0 Å². The van der Waals surface area contributed by atoms with Crippen molar-refractivity contribution in [3.05, 3.63) is 0 Å². The molecule has 82 valence electrons. The van der Waals surface area contributed by atoms with E-state index in [4.69, 9.17) is 17.7 Å². The first-order chi connectivity index (χ1) is 6.76. The van der Waals surface area contributed by atoms with Crippen LogP contribution in [0.1, 0.15) is 6.92 Å². The zero-order valence-corrected chi connectivity index (χ0v) is 9.53. The van der Waals surface area contributed by atoms with E-state index in [1.807, 2.05) is 6.92 Å². The van der Waals surface area contributed by atoms with Gasteiger partial charge >= 0.3 is 83.3 Å². The first kappa shape index (κ1) is 9.26. The van der Waals surface area contributed by atoms with Crippen molar-refractivity contribution in [3.8, 4) is 0 Å². The molecule has 14 heavy (non-hydrogen) atoms. The van der Waals surface area contributed by atoms with Crippen LogP contribution in [0.3, 0.4) is 0 Å². The molecule has 3 fully saturated rings. The molecule has 0 spiro atoms. The molecule has 0 bridgehead atoms. The summed E-state index contributed by atoms with van der Waals surface area (Å²) < 4.78 is 24.3. The molecule has 5 nitrogen and oxygen atoms in total. The molecule has 0 aromatic carbocycles. The van der Waals surface area contributed by atoms with E-state index in [-0.39, 0.29) is 0 Å². The summed E-state index contributed by atoms with van der Waals surface area (Å²) in [4.78, 5) is 0. The van der Waals surface area contributed by atoms with Crippen LogP contribution in [-0.4, -0.2) is 58.7 Å². The van der Waals surface area contributed by atoms with Crippen molar-refractivity contribution in [1.82, 2.24) is 0 Å². The summed E-state index contributed by atoms with van der Waals surface area (Å²) in [6.45, 7) is 7.71. The summed E-state index contributed by atoms with van der Waals surface area (Å²) in [5.41, 5.74) is 0. The fourth-order valence-corrected chi connectivity index (χ4v) is 7.84. The van der Waals surface area contributed by atoms with E-state index in [0.29, 0.717) is 26.4 Å². The van der Waals surface area contributed by atoms with Gasteiger partial charge in [0.1, 0.15) is 0 Å². The van der Waals surface area contributed by atoms with E-state index in [2.05, 4.69) is 0 Å². The van der Waals surface area contributed by atoms with Crippen molar-refractivity contribution < 1.29 is 21.9 Å². The van der Waals surface area contributed by atoms with Gasteiger partial charge in [-0.3, -0.25) is 0 Å². The fraction of sp³-hybridized carbons (Fsp3) is 1.00. The van der Waals surface area contributed by atoms with Crippen LogP contribution in [0.5, 0.6) is 0 Å². The van der Waals surface area contributed by atoms with Gasteiger partial charge in [-0.25, -0.2) is 0 Å². The molecule has 0 N–H and O–H groups in total. The summed E-state index contributed by atoms with van der Waals surface area (Å²) in [5.74, 6) is 0. The predicted molar refractivity (Wildman–Crippen MR) is 50.1 cm³/mol. The fourth-order valence-electron chi connectivity index (χ4n) is 3.10. The molecular weight excluding hydrogens is 202 g/mol. The molecule has 0 saturated carbocycles. The zero-order valence-electron chi connectivity index (χ0n) is 8.53. The predicted octanol–water partition coefficient (Wildman–Crippen LogP) is -0.183. The Morgan fingerprint density at radius 2 is 1.57 bits per heavy atom. The molecule has 3 heterocycles. The average molecular weight is 219 g/mol. The van der Waals surface area contributed by atoms with Crippen LogP contribution in [0.2, 0.25) is 0 Å². The molecule has 0 atom stereocenters. The number of quaternary nitrogens is 1. The van der Waals surface area contributed by atoms with Gasteiger partial charge in [0.15, 0.2) is 0 Å². The van der Waals surface area contributed by atoms with Crippen molar-refractivity contribution in [2.24, 2.45) is 0 Å². The second kappa shape index (κ2) is 2.58. The molecule has 3 rings (SSSR count). The molecule has 0 aliphatic carbocycles. The summed E-state index contributed by atoms with van der Waals surface area (Å²) in [7, 11) is -3.45. The van der Waals surface area contributed by atoms with Gasteiger partial charge in [-0.1, -0.05) is 0 Å². The average Bonchev–Trinajstić information content (AvgIpc) is 2.62. The number of nitrogens with zero attached hydrogens (tertiary/aromatic N) is 1. The first-order valence-electron chi connectivity index (χ1n) is 5.35. The van der Waals surface area contributed by atoms with Crippen molar-refractivity contribution in [2.45, 2.75) is 6.92 Å². The molecule has 0 aromatic rings. The van der Waals surface area contributed by atoms with Crippen molar-refractivity contribution in [3.63, 3.8) is 0 Å². The van der Waals surface area contributed by atoms with E-state index in [9.17, 15) is 0 Å². The van der Waals surface area contributed by atoms with Gasteiger partial charge in [0.25, 0.3) is 0 Å². The van der Waals surface area contributed by atoms with Gasteiger partial charge in [-0.2, -0.15) is 0 Å². The second-order valence-electron chi connectivity index (χ2n) is 4.16. The Kier molecular flexibility index (Phi) is 1.70. The molecule has 0 aromatic heterocycles. The Morgan fingerprint density at radius 1 is 1.07 bits per heavy atom. The van der Waals surface area contributed by atoms with E-state index in [0.717, 1.165) is 23.8 Å². The molecule has 3 aliphatic rings. The van der Waals surface area contributed by atoms with Gasteiger partial charge in [0.2, 0.25) is 0 Å². The Hall–Kier alpha value is 0.0169. The molecule has 3 saturated heterocycles. The van der Waals surface area contributed by atoms with E-state index < -0.39 is 8.49 Å². The van der Waals surface area contributed by atoms with Gasteiger partial charge in [-0.15, -0.1) is 0 Å². The van der Waals surface area contributed by atoms with Crippen LogP contribution in [0, 0.1) is 0 Å². The maximum atomic E-state index is 5.88. The van der Waals surface area contributed by atoms with Crippen LogP contribution < -0.4 is 0 Å². The monoisotopic (exact) mass is 219 g/mol. The summed E-state index contributed by atoms with van der Waals surface area (Å²) in [5, 5.41) is 0. The van der Waals surface area contributed by atoms with Crippen LogP contribution >= 0.6 is 0 Å². The van der Waals surface area contributed by atoms with E-state index in [1.165, 1.54) is 0 Å². The molecule has 0 amide bonds. The third kappa shape index (κ3) is 0.753. The molecular formula is C8H17NO4Si. The van der Waals surface area contributed by atoms with E-state index in [1.54, 1.807) is 0 Å². The normalized spacial score (nSPS) is 45.4. The van der Waals surface area contributed by atoms with Gasteiger partial charge < -0.3 is 0 Å². The summed E-state index contributed by atoms with van der Waals surface area (Å²) >= 11 is 0. The third-order valence-electron chi connectivity index (χ3n) is 3.75. The Bertz CT molecular complexity index is 240. The summed E-state index contributed by atoms with van der Waals surface area (Å²) in [6, 6.07) is 0. The number of hydrogen-bond acceptors (Lipinski definition) is 4. The SMILES string of the molecule is CCO[Si-]123OCC[N+]1(CCO2)CCO3. The molecule has 6 heteroatoms. The minimum atomic E-state index is -3.45. The van der Waals surface area contributed by atoms with Crippen molar-refractivity contribution >= 4 is 8.49 Å². The van der Waals surface area contributed by atoms with Crippen LogP contribution in [-0.2, 0) is 17.7 Å². The topological polar surface area (TPSA) is 36.9 Å². The maximum absolute atomic E-state index is 5.88. The molecule has 0 radical (unpaired) electrons. The van der Waals surface area contributed by atoms with Gasteiger partial charge in [0, 0.05) is 0 Å². The second-order valence-corrected chi connectivity index (χ2v) is 7.99. The van der Waals surface area contributed by atoms with Crippen molar-refractivity contribution in [2.75, 3.05) is 46.1 Å². The Morgan fingerprint density at radius 3 is 2.00 bits per heavy atom. The van der Waals surface area contributed by atoms with Gasteiger partial charge in [0.05, 0.1) is 0 Å².